The van der Waals surface area contributed by atoms with Gasteiger partial charge in [-0.05, 0) is 74.3 Å². The molecule has 1 N–H and O–H groups in total. The number of hydrogen-bond donors (Lipinski definition) is 1. The van der Waals surface area contributed by atoms with E-state index in [1.165, 1.54) is 30.6 Å². The molecule has 4 fully saturated rings. The van der Waals surface area contributed by atoms with Gasteiger partial charge in [0.2, 0.25) is 0 Å². The number of aliphatic hydroxyl groups is 1. The van der Waals surface area contributed by atoms with E-state index < -0.39 is 6.61 Å². The number of hydrogen-bond acceptors (Lipinski definition) is 4. The summed E-state index contributed by atoms with van der Waals surface area (Å²) in [5.41, 5.74) is -0.0238. The summed E-state index contributed by atoms with van der Waals surface area (Å²) in [6, 6.07) is 3.73. The highest BCUT2D eigenvalue weighted by Gasteiger charge is 2.54. The van der Waals surface area contributed by atoms with Crippen LogP contribution in [0.3, 0.4) is 0 Å². The fourth-order valence-corrected chi connectivity index (χ4v) is 6.88. The predicted molar refractivity (Wildman–Crippen MR) is 94.4 cm³/mol. The van der Waals surface area contributed by atoms with Crippen LogP contribution in [0.4, 0.5) is 0 Å². The molecule has 0 spiro atoms. The van der Waals surface area contributed by atoms with Gasteiger partial charge in [0.15, 0.2) is 5.78 Å². The Balaban J connectivity index is 1.46. The topological polar surface area (TPSA) is 54.4 Å². The highest BCUT2D eigenvalue weighted by Crippen LogP contribution is 2.60. The van der Waals surface area contributed by atoms with Gasteiger partial charge in [-0.25, -0.2) is 0 Å². The molecule has 0 aromatic carbocycles. The molecule has 4 saturated carbocycles. The quantitative estimate of drug-likeness (QED) is 0.785. The van der Waals surface area contributed by atoms with Gasteiger partial charge in [0.1, 0.15) is 12.4 Å². The number of Topliss-reactive ketones (excluding diaryl/α,β-unsaturated/α-hetero) is 2. The second-order valence-corrected chi connectivity index (χ2v) is 9.62. The van der Waals surface area contributed by atoms with Crippen molar-refractivity contribution in [1.82, 2.24) is 0 Å². The van der Waals surface area contributed by atoms with E-state index in [0.29, 0.717) is 17.1 Å². The van der Waals surface area contributed by atoms with Crippen LogP contribution in [0.1, 0.15) is 72.3 Å². The fourth-order valence-electron chi connectivity index (χ4n) is 5.89. The molecule has 0 aliphatic heterocycles. The molecule has 24 heavy (non-hydrogen) atoms. The molecule has 3 nitrogen and oxygen atoms in total. The van der Waals surface area contributed by atoms with E-state index >= 15 is 0 Å². The summed E-state index contributed by atoms with van der Waals surface area (Å²) < 4.78 is 0. The molecular weight excluding hydrogens is 320 g/mol. The molecule has 0 amide bonds. The van der Waals surface area contributed by atoms with E-state index in [4.69, 9.17) is 5.11 Å². The lowest BCUT2D eigenvalue weighted by Crippen LogP contribution is -2.50. The van der Waals surface area contributed by atoms with Gasteiger partial charge in [0, 0.05) is 16.7 Å². The van der Waals surface area contributed by atoms with Crippen molar-refractivity contribution >= 4 is 22.9 Å². The first-order valence-corrected chi connectivity index (χ1v) is 10.1. The summed E-state index contributed by atoms with van der Waals surface area (Å²) in [6.45, 7) is 1.65. The molecule has 0 saturated heterocycles. The van der Waals surface area contributed by atoms with Crippen molar-refractivity contribution < 1.29 is 14.7 Å². The van der Waals surface area contributed by atoms with Gasteiger partial charge in [-0.1, -0.05) is 6.92 Å². The average Bonchev–Trinajstić information content (AvgIpc) is 3.03. The Kier molecular flexibility index (Phi) is 4.16. The number of rotatable bonds is 6. The Labute approximate surface area is 147 Å². The van der Waals surface area contributed by atoms with Crippen molar-refractivity contribution in [2.45, 2.75) is 57.8 Å². The minimum atomic E-state index is -0.444. The zero-order valence-electron chi connectivity index (χ0n) is 14.3. The van der Waals surface area contributed by atoms with E-state index in [9.17, 15) is 9.59 Å². The van der Waals surface area contributed by atoms with Gasteiger partial charge in [0.05, 0.1) is 4.88 Å². The lowest BCUT2D eigenvalue weighted by atomic mass is 9.48. The third kappa shape index (κ3) is 2.78. The van der Waals surface area contributed by atoms with Crippen molar-refractivity contribution in [3.8, 4) is 0 Å². The lowest BCUT2D eigenvalue weighted by Gasteiger charge is -2.56. The first kappa shape index (κ1) is 16.5. The van der Waals surface area contributed by atoms with Crippen molar-refractivity contribution in [3.63, 3.8) is 0 Å². The average molecular weight is 346 g/mol. The number of ketones is 2. The largest absolute Gasteiger partial charge is 0.388 e. The van der Waals surface area contributed by atoms with E-state index in [1.54, 1.807) is 6.07 Å². The third-order valence-corrected chi connectivity index (χ3v) is 8.01. The van der Waals surface area contributed by atoms with Crippen LogP contribution in [0.25, 0.3) is 0 Å². The Hall–Kier alpha value is -1.00. The zero-order valence-corrected chi connectivity index (χ0v) is 15.1. The highest BCUT2D eigenvalue weighted by molar-refractivity contribution is 7.14. The normalized spacial score (nSPS) is 35.2. The maximum atomic E-state index is 13.2. The second-order valence-electron chi connectivity index (χ2n) is 8.51. The number of carbonyl (C=O) groups is 2. The Morgan fingerprint density at radius 2 is 1.75 bits per heavy atom. The first-order chi connectivity index (χ1) is 11.5. The van der Waals surface area contributed by atoms with Crippen LogP contribution in [-0.4, -0.2) is 23.3 Å². The molecule has 1 heterocycles. The maximum Gasteiger partial charge on any atom is 0.198 e. The van der Waals surface area contributed by atoms with Gasteiger partial charge >= 0.3 is 0 Å². The Morgan fingerprint density at radius 1 is 1.17 bits per heavy atom. The summed E-state index contributed by atoms with van der Waals surface area (Å²) >= 11 is 1.43. The Morgan fingerprint density at radius 3 is 2.29 bits per heavy atom. The lowest BCUT2D eigenvalue weighted by molar-refractivity contribution is -0.144. The predicted octanol–water partition coefficient (Wildman–Crippen LogP) is 4.20. The van der Waals surface area contributed by atoms with Gasteiger partial charge in [0.25, 0.3) is 0 Å². The second kappa shape index (κ2) is 6.06. The van der Waals surface area contributed by atoms with Gasteiger partial charge < -0.3 is 5.11 Å². The Bertz CT molecular complexity index is 624. The minimum absolute atomic E-state index is 0.0238. The molecular formula is C20H26O3S. The third-order valence-electron chi connectivity index (χ3n) is 6.65. The fraction of sp³-hybridized carbons (Fsp3) is 0.700. The molecule has 4 aliphatic carbocycles. The summed E-state index contributed by atoms with van der Waals surface area (Å²) in [4.78, 5) is 26.5. The van der Waals surface area contributed by atoms with Crippen LogP contribution < -0.4 is 0 Å². The first-order valence-electron chi connectivity index (χ1n) is 9.26. The molecule has 1 atom stereocenters. The van der Waals surface area contributed by atoms with Gasteiger partial charge in [-0.3, -0.25) is 9.59 Å². The standard InChI is InChI=1S/C20H26O3S/c1-12(17-2-3-18(24-17)16(22)11-21)4-19(23)20-8-13-5-14(9-20)7-15(6-13)10-20/h2-3,12-15,21H,4-11H2,1H3/t12-,13?,14?,15?,20?/m0/s1. The van der Waals surface area contributed by atoms with Crippen LogP contribution in [0.2, 0.25) is 0 Å². The molecule has 4 bridgehead atoms. The molecule has 1 aromatic heterocycles. The SMILES string of the molecule is C[C@@H](CC(=O)C12CC3CC(CC(C3)C1)C2)c1ccc(C(=O)CO)s1. The summed E-state index contributed by atoms with van der Waals surface area (Å²) in [6.07, 6.45) is 8.06. The minimum Gasteiger partial charge on any atom is -0.388 e. The maximum absolute atomic E-state index is 13.2. The smallest absolute Gasteiger partial charge is 0.198 e. The number of thiophene rings is 1. The van der Waals surface area contributed by atoms with E-state index in [-0.39, 0.29) is 17.1 Å². The monoisotopic (exact) mass is 346 g/mol. The van der Waals surface area contributed by atoms with E-state index in [0.717, 1.165) is 41.9 Å². The van der Waals surface area contributed by atoms with Gasteiger partial charge in [-0.15, -0.1) is 11.3 Å². The van der Waals surface area contributed by atoms with Crippen molar-refractivity contribution in [2.24, 2.45) is 23.2 Å². The summed E-state index contributed by atoms with van der Waals surface area (Å²) in [5.74, 6) is 2.79. The molecule has 0 radical (unpaired) electrons. The number of aliphatic hydroxyl groups excluding tert-OH is 1. The van der Waals surface area contributed by atoms with E-state index in [1.807, 2.05) is 6.07 Å². The number of carbonyl (C=O) groups excluding carboxylic acids is 2. The molecule has 0 unspecified atom stereocenters. The zero-order chi connectivity index (χ0) is 16.9. The molecule has 1 aromatic rings. The molecule has 5 rings (SSSR count). The van der Waals surface area contributed by atoms with Gasteiger partial charge in [-0.2, -0.15) is 0 Å². The summed E-state index contributed by atoms with van der Waals surface area (Å²) in [7, 11) is 0. The van der Waals surface area contributed by atoms with Crippen molar-refractivity contribution in [3.05, 3.63) is 21.9 Å². The molecule has 130 valence electrons. The van der Waals surface area contributed by atoms with Crippen molar-refractivity contribution in [1.29, 1.82) is 0 Å². The summed E-state index contributed by atoms with van der Waals surface area (Å²) in [5, 5.41) is 8.98. The highest BCUT2D eigenvalue weighted by atomic mass is 32.1. The van der Waals surface area contributed by atoms with E-state index in [2.05, 4.69) is 6.92 Å². The van der Waals surface area contributed by atoms with Crippen LogP contribution in [0, 0.1) is 23.2 Å². The molecule has 4 aliphatic rings. The van der Waals surface area contributed by atoms with Crippen LogP contribution in [-0.2, 0) is 4.79 Å². The van der Waals surface area contributed by atoms with Crippen LogP contribution >= 0.6 is 11.3 Å². The van der Waals surface area contributed by atoms with Crippen LogP contribution in [0.5, 0.6) is 0 Å². The molecule has 4 heteroatoms. The van der Waals surface area contributed by atoms with Crippen molar-refractivity contribution in [2.75, 3.05) is 6.61 Å². The van der Waals surface area contributed by atoms with Crippen LogP contribution in [0.15, 0.2) is 12.1 Å².